The number of rotatable bonds is 9. The van der Waals surface area contributed by atoms with Crippen LogP contribution in [0.1, 0.15) is 25.3 Å². The standard InChI is InChI=1S/C22H25N3O10/c1-11-17(21(30)34-3)19(13-7-5-6-8-15(13)25(32)33)18(22(31)35-4)12(2)24(11)16(27)9-23-14(10-26)20(28)29/h5-8,14,19,23,26H,9-10H2,1-4H3,(H,28,29). The lowest BCUT2D eigenvalue weighted by atomic mass is 9.79. The van der Waals surface area contributed by atoms with Gasteiger partial charge in [-0.15, -0.1) is 0 Å². The molecule has 13 heteroatoms. The minimum absolute atomic E-state index is 0.00782. The topological polar surface area (TPSA) is 186 Å². The number of carbonyl (C=O) groups is 4. The summed E-state index contributed by atoms with van der Waals surface area (Å²) in [5.41, 5.74) is -0.736. The fourth-order valence-electron chi connectivity index (χ4n) is 3.91. The second-order valence-corrected chi connectivity index (χ2v) is 7.41. The SMILES string of the molecule is COC(=O)C1=C(C)N(C(=O)CNC(CO)C(=O)O)C(C)=C(C(=O)OC)C1c1ccccc1[N+](=O)[O-]. The predicted octanol–water partition coefficient (Wildman–Crippen LogP) is 0.450. The van der Waals surface area contributed by atoms with Crippen molar-refractivity contribution in [3.63, 3.8) is 0 Å². The molecule has 0 aliphatic carbocycles. The molecule has 1 unspecified atom stereocenters. The molecule has 1 amide bonds. The quantitative estimate of drug-likeness (QED) is 0.247. The molecule has 1 aliphatic heterocycles. The number of aliphatic hydroxyl groups excluding tert-OH is 1. The summed E-state index contributed by atoms with van der Waals surface area (Å²) in [6.45, 7) is 1.42. The highest BCUT2D eigenvalue weighted by atomic mass is 16.6. The number of aliphatic hydroxyl groups is 1. The van der Waals surface area contributed by atoms with Gasteiger partial charge >= 0.3 is 17.9 Å². The monoisotopic (exact) mass is 491 g/mol. The molecule has 1 atom stereocenters. The lowest BCUT2D eigenvalue weighted by Crippen LogP contribution is -2.47. The van der Waals surface area contributed by atoms with Crippen LogP contribution in [-0.2, 0) is 28.7 Å². The highest BCUT2D eigenvalue weighted by molar-refractivity contribution is 6.02. The summed E-state index contributed by atoms with van der Waals surface area (Å²) in [6, 6.07) is 4.09. The van der Waals surface area contributed by atoms with Gasteiger partial charge in [0.2, 0.25) is 5.91 Å². The van der Waals surface area contributed by atoms with Gasteiger partial charge < -0.3 is 19.7 Å². The molecule has 3 N–H and O–H groups in total. The van der Waals surface area contributed by atoms with E-state index in [4.69, 9.17) is 14.6 Å². The van der Waals surface area contributed by atoms with Crippen molar-refractivity contribution in [2.75, 3.05) is 27.4 Å². The van der Waals surface area contributed by atoms with E-state index in [1.807, 2.05) is 0 Å². The third kappa shape index (κ3) is 5.36. The Bertz CT molecular complexity index is 1080. The number of benzene rings is 1. The van der Waals surface area contributed by atoms with Gasteiger partial charge in [-0.05, 0) is 13.8 Å². The second kappa shape index (κ2) is 11.4. The number of hydrogen-bond donors (Lipinski definition) is 3. The number of nitro benzene ring substituents is 1. The van der Waals surface area contributed by atoms with Gasteiger partial charge in [-0.25, -0.2) is 9.59 Å². The van der Waals surface area contributed by atoms with Crippen molar-refractivity contribution in [2.24, 2.45) is 0 Å². The molecule has 0 aromatic heterocycles. The Morgan fingerprint density at radius 3 is 2.03 bits per heavy atom. The number of methoxy groups -OCH3 is 2. The Balaban J connectivity index is 2.76. The number of nitrogens with zero attached hydrogens (tertiary/aromatic N) is 2. The summed E-state index contributed by atoms with van der Waals surface area (Å²) < 4.78 is 9.76. The van der Waals surface area contributed by atoms with Crippen LogP contribution in [0.15, 0.2) is 46.8 Å². The zero-order valence-electron chi connectivity index (χ0n) is 19.4. The molecule has 2 rings (SSSR count). The molecule has 0 radical (unpaired) electrons. The summed E-state index contributed by atoms with van der Waals surface area (Å²) in [7, 11) is 2.16. The van der Waals surface area contributed by atoms with E-state index in [0.717, 1.165) is 19.1 Å². The Labute approximate surface area is 199 Å². The second-order valence-electron chi connectivity index (χ2n) is 7.41. The minimum atomic E-state index is -1.43. The smallest absolute Gasteiger partial charge is 0.336 e. The number of nitro groups is 1. The van der Waals surface area contributed by atoms with E-state index in [-0.39, 0.29) is 33.8 Å². The maximum Gasteiger partial charge on any atom is 0.336 e. The van der Waals surface area contributed by atoms with Crippen LogP contribution in [0, 0.1) is 10.1 Å². The molecule has 1 aromatic carbocycles. The Hall–Kier alpha value is -4.10. The highest BCUT2D eigenvalue weighted by Gasteiger charge is 2.44. The summed E-state index contributed by atoms with van der Waals surface area (Å²) in [5.74, 6) is -5.32. The number of carboxylic acids is 1. The van der Waals surface area contributed by atoms with Crippen LogP contribution in [0.3, 0.4) is 0 Å². The molecule has 1 heterocycles. The van der Waals surface area contributed by atoms with Crippen molar-refractivity contribution >= 4 is 29.5 Å². The number of para-hydroxylation sites is 1. The van der Waals surface area contributed by atoms with Gasteiger partial charge in [0.1, 0.15) is 6.04 Å². The molecular weight excluding hydrogens is 466 g/mol. The number of amides is 1. The molecule has 0 spiro atoms. The fourth-order valence-corrected chi connectivity index (χ4v) is 3.91. The predicted molar refractivity (Wildman–Crippen MR) is 119 cm³/mol. The number of allylic oxidation sites excluding steroid dienone is 2. The molecule has 0 bridgehead atoms. The average Bonchev–Trinajstić information content (AvgIpc) is 2.82. The van der Waals surface area contributed by atoms with Crippen molar-refractivity contribution in [3.8, 4) is 0 Å². The molecule has 35 heavy (non-hydrogen) atoms. The molecule has 0 saturated heterocycles. The van der Waals surface area contributed by atoms with E-state index in [2.05, 4.69) is 5.32 Å². The Morgan fingerprint density at radius 2 is 1.60 bits per heavy atom. The van der Waals surface area contributed by atoms with Gasteiger partial charge in [0, 0.05) is 23.0 Å². The maximum absolute atomic E-state index is 13.1. The van der Waals surface area contributed by atoms with Gasteiger partial charge in [-0.3, -0.25) is 29.9 Å². The first-order chi connectivity index (χ1) is 16.5. The first-order valence-electron chi connectivity index (χ1n) is 10.2. The summed E-state index contributed by atoms with van der Waals surface area (Å²) >= 11 is 0. The van der Waals surface area contributed by atoms with Gasteiger partial charge in [-0.1, -0.05) is 18.2 Å². The van der Waals surface area contributed by atoms with Crippen LogP contribution >= 0.6 is 0 Å². The van der Waals surface area contributed by atoms with Crippen molar-refractivity contribution in [1.29, 1.82) is 0 Å². The Morgan fingerprint density at radius 1 is 1.09 bits per heavy atom. The average molecular weight is 491 g/mol. The zero-order chi connectivity index (χ0) is 26.4. The summed E-state index contributed by atoms with van der Waals surface area (Å²) in [4.78, 5) is 62.1. The number of carboxylic acid groups (broad SMARTS) is 1. The zero-order valence-corrected chi connectivity index (χ0v) is 19.4. The number of esters is 2. The van der Waals surface area contributed by atoms with Gasteiger partial charge in [-0.2, -0.15) is 0 Å². The van der Waals surface area contributed by atoms with Crippen molar-refractivity contribution in [2.45, 2.75) is 25.8 Å². The van der Waals surface area contributed by atoms with E-state index in [1.165, 1.54) is 38.1 Å². The number of nitrogens with one attached hydrogen (secondary N) is 1. The fraction of sp³-hybridized carbons (Fsp3) is 0.364. The van der Waals surface area contributed by atoms with E-state index < -0.39 is 53.8 Å². The van der Waals surface area contributed by atoms with E-state index in [0.29, 0.717) is 0 Å². The minimum Gasteiger partial charge on any atom is -0.480 e. The van der Waals surface area contributed by atoms with Crippen LogP contribution in [0.25, 0.3) is 0 Å². The third-order valence-electron chi connectivity index (χ3n) is 5.51. The first kappa shape index (κ1) is 27.1. The molecule has 0 saturated carbocycles. The maximum atomic E-state index is 13.1. The van der Waals surface area contributed by atoms with Crippen molar-refractivity contribution in [1.82, 2.24) is 10.2 Å². The van der Waals surface area contributed by atoms with Crippen LogP contribution in [0.4, 0.5) is 5.69 Å². The van der Waals surface area contributed by atoms with Crippen LogP contribution in [-0.4, -0.2) is 77.3 Å². The van der Waals surface area contributed by atoms with Crippen LogP contribution in [0.5, 0.6) is 0 Å². The molecule has 1 aliphatic rings. The van der Waals surface area contributed by atoms with E-state index in [9.17, 15) is 34.4 Å². The van der Waals surface area contributed by atoms with Crippen LogP contribution in [0.2, 0.25) is 0 Å². The molecular formula is C22H25N3O10. The summed E-state index contributed by atoms with van der Waals surface area (Å²) in [5, 5.41) is 32.4. The van der Waals surface area contributed by atoms with Gasteiger partial charge in [0.25, 0.3) is 5.69 Å². The number of aliphatic carboxylic acids is 1. The van der Waals surface area contributed by atoms with Gasteiger partial charge in [0.15, 0.2) is 0 Å². The third-order valence-corrected chi connectivity index (χ3v) is 5.51. The summed E-state index contributed by atoms with van der Waals surface area (Å²) in [6.07, 6.45) is 0. The molecule has 0 fully saturated rings. The molecule has 13 nitrogen and oxygen atoms in total. The first-order valence-corrected chi connectivity index (χ1v) is 10.2. The highest BCUT2D eigenvalue weighted by Crippen LogP contribution is 2.45. The molecule has 188 valence electrons. The normalized spacial score (nSPS) is 15.1. The Kier molecular flexibility index (Phi) is 8.81. The van der Waals surface area contributed by atoms with Crippen LogP contribution < -0.4 is 5.32 Å². The van der Waals surface area contributed by atoms with Crippen molar-refractivity contribution in [3.05, 3.63) is 62.5 Å². The lowest BCUT2D eigenvalue weighted by Gasteiger charge is -2.36. The number of hydrogen-bond acceptors (Lipinski definition) is 10. The van der Waals surface area contributed by atoms with Crippen molar-refractivity contribution < 1.29 is 43.8 Å². The number of carbonyl (C=O) groups excluding carboxylic acids is 3. The lowest BCUT2D eigenvalue weighted by molar-refractivity contribution is -0.385. The van der Waals surface area contributed by atoms with Gasteiger partial charge in [0.05, 0.1) is 49.4 Å². The largest absolute Gasteiger partial charge is 0.480 e. The number of ether oxygens (including phenoxy) is 2. The van der Waals surface area contributed by atoms with E-state index in [1.54, 1.807) is 0 Å². The molecule has 1 aromatic rings. The van der Waals surface area contributed by atoms with E-state index >= 15 is 0 Å².